The van der Waals surface area contributed by atoms with Gasteiger partial charge in [-0.25, -0.2) is 9.37 Å². The highest BCUT2D eigenvalue weighted by Gasteiger charge is 2.08. The fourth-order valence-electron chi connectivity index (χ4n) is 1.44. The van der Waals surface area contributed by atoms with E-state index in [-0.39, 0.29) is 5.82 Å². The smallest absolute Gasteiger partial charge is 0.196 e. The molecule has 2 rings (SSSR count). The third-order valence-corrected chi connectivity index (χ3v) is 2.95. The molecule has 1 N–H and O–H groups in total. The van der Waals surface area contributed by atoms with Crippen molar-refractivity contribution in [2.75, 3.05) is 13.6 Å². The molecule has 3 nitrogen and oxygen atoms in total. The lowest BCUT2D eigenvalue weighted by Crippen LogP contribution is -2.10. The molecular formula is C12H12BrFN2O. The summed E-state index contributed by atoms with van der Waals surface area (Å²) in [6.45, 7) is 0.813. The molecule has 0 bridgehead atoms. The molecule has 0 atom stereocenters. The fraction of sp³-hybridized carbons (Fsp3) is 0.250. The molecule has 1 aromatic carbocycles. The van der Waals surface area contributed by atoms with Crippen LogP contribution in [0.25, 0.3) is 11.3 Å². The minimum Gasteiger partial charge on any atom is -0.441 e. The second-order valence-corrected chi connectivity index (χ2v) is 4.46. The van der Waals surface area contributed by atoms with E-state index in [1.54, 1.807) is 18.3 Å². The summed E-state index contributed by atoms with van der Waals surface area (Å²) in [7, 11) is 1.88. The van der Waals surface area contributed by atoms with Crippen LogP contribution in [0.5, 0.6) is 0 Å². The van der Waals surface area contributed by atoms with E-state index in [0.717, 1.165) is 18.5 Å². The predicted molar refractivity (Wildman–Crippen MR) is 67.2 cm³/mol. The molecule has 90 valence electrons. The molecule has 0 radical (unpaired) electrons. The highest BCUT2D eigenvalue weighted by atomic mass is 79.9. The molecule has 1 aromatic heterocycles. The summed E-state index contributed by atoms with van der Waals surface area (Å²) in [5.74, 6) is 1.04. The molecule has 0 aliphatic rings. The number of oxazole rings is 1. The summed E-state index contributed by atoms with van der Waals surface area (Å²) >= 11 is 3.14. The Balaban J connectivity index is 2.21. The molecule has 0 unspecified atom stereocenters. The van der Waals surface area contributed by atoms with E-state index < -0.39 is 0 Å². The van der Waals surface area contributed by atoms with Gasteiger partial charge in [0.15, 0.2) is 11.7 Å². The van der Waals surface area contributed by atoms with E-state index in [0.29, 0.717) is 16.1 Å². The number of rotatable bonds is 4. The van der Waals surface area contributed by atoms with Crippen LogP contribution in [-0.4, -0.2) is 18.6 Å². The summed E-state index contributed by atoms with van der Waals surface area (Å²) in [6, 6.07) is 4.75. The van der Waals surface area contributed by atoms with Crippen LogP contribution in [0.3, 0.4) is 0 Å². The largest absolute Gasteiger partial charge is 0.441 e. The zero-order valence-electron chi connectivity index (χ0n) is 9.34. The normalized spacial score (nSPS) is 10.8. The molecule has 2 aromatic rings. The van der Waals surface area contributed by atoms with Crippen LogP contribution >= 0.6 is 15.9 Å². The zero-order chi connectivity index (χ0) is 12.3. The maximum absolute atomic E-state index is 13.1. The van der Waals surface area contributed by atoms with Gasteiger partial charge in [0.1, 0.15) is 5.82 Å². The minimum absolute atomic E-state index is 0.288. The van der Waals surface area contributed by atoms with Gasteiger partial charge in [-0.2, -0.15) is 0 Å². The van der Waals surface area contributed by atoms with Gasteiger partial charge in [-0.15, -0.1) is 0 Å². The monoisotopic (exact) mass is 298 g/mol. The van der Waals surface area contributed by atoms with Crippen LogP contribution in [0.15, 0.2) is 33.3 Å². The summed E-state index contributed by atoms with van der Waals surface area (Å²) in [6.07, 6.45) is 2.39. The van der Waals surface area contributed by atoms with Crippen LogP contribution in [0.1, 0.15) is 5.89 Å². The van der Waals surface area contributed by atoms with Crippen molar-refractivity contribution in [1.82, 2.24) is 10.3 Å². The Morgan fingerprint density at radius 3 is 3.00 bits per heavy atom. The number of likely N-dealkylation sites (N-methyl/N-ethyl adjacent to an activating group) is 1. The van der Waals surface area contributed by atoms with Crippen molar-refractivity contribution in [2.24, 2.45) is 0 Å². The molecule has 1 heterocycles. The van der Waals surface area contributed by atoms with Gasteiger partial charge in [0.2, 0.25) is 0 Å². The van der Waals surface area contributed by atoms with E-state index in [2.05, 4.69) is 26.2 Å². The quantitative estimate of drug-likeness (QED) is 0.943. The second kappa shape index (κ2) is 5.42. The first-order valence-corrected chi connectivity index (χ1v) is 6.04. The van der Waals surface area contributed by atoms with Crippen molar-refractivity contribution < 1.29 is 8.81 Å². The number of nitrogens with one attached hydrogen (secondary N) is 1. The third kappa shape index (κ3) is 2.92. The summed E-state index contributed by atoms with van der Waals surface area (Å²) in [5, 5.41) is 3.02. The third-order valence-electron chi connectivity index (χ3n) is 2.35. The lowest BCUT2D eigenvalue weighted by molar-refractivity contribution is 0.500. The van der Waals surface area contributed by atoms with Gasteiger partial charge < -0.3 is 9.73 Å². The van der Waals surface area contributed by atoms with Gasteiger partial charge in [0.05, 0.1) is 10.7 Å². The van der Waals surface area contributed by atoms with Crippen molar-refractivity contribution in [3.63, 3.8) is 0 Å². The fourth-order valence-corrected chi connectivity index (χ4v) is 1.82. The first kappa shape index (κ1) is 12.3. The number of hydrogen-bond donors (Lipinski definition) is 1. The molecular weight excluding hydrogens is 287 g/mol. The predicted octanol–water partition coefficient (Wildman–Crippen LogP) is 3.01. The Morgan fingerprint density at radius 1 is 1.47 bits per heavy atom. The van der Waals surface area contributed by atoms with Crippen molar-refractivity contribution in [3.05, 3.63) is 40.6 Å². The Morgan fingerprint density at radius 2 is 2.29 bits per heavy atom. The summed E-state index contributed by atoms with van der Waals surface area (Å²) in [4.78, 5) is 4.17. The van der Waals surface area contributed by atoms with Crippen LogP contribution in [0, 0.1) is 5.82 Å². The van der Waals surface area contributed by atoms with Gasteiger partial charge in [0, 0.05) is 18.5 Å². The zero-order valence-corrected chi connectivity index (χ0v) is 10.9. The number of halogens is 2. The second-order valence-electron chi connectivity index (χ2n) is 3.60. The first-order valence-electron chi connectivity index (χ1n) is 5.25. The molecule has 0 saturated carbocycles. The molecule has 0 aliphatic carbocycles. The Labute approximate surface area is 107 Å². The van der Waals surface area contributed by atoms with Crippen LogP contribution in [0.4, 0.5) is 4.39 Å². The lowest BCUT2D eigenvalue weighted by Gasteiger charge is -1.98. The average molecular weight is 299 g/mol. The van der Waals surface area contributed by atoms with Crippen LogP contribution in [-0.2, 0) is 6.42 Å². The Hall–Kier alpha value is -1.20. The minimum atomic E-state index is -0.288. The van der Waals surface area contributed by atoms with E-state index in [1.165, 1.54) is 6.07 Å². The highest BCUT2D eigenvalue weighted by molar-refractivity contribution is 9.10. The number of aromatic nitrogens is 1. The van der Waals surface area contributed by atoms with Gasteiger partial charge >= 0.3 is 0 Å². The standard InChI is InChI=1S/C12H12BrFN2O/c1-15-5-4-12-16-7-11(17-12)8-2-3-10(14)9(13)6-8/h2-3,6-7,15H,4-5H2,1H3. The maximum atomic E-state index is 13.1. The van der Waals surface area contributed by atoms with Crippen LogP contribution in [0.2, 0.25) is 0 Å². The van der Waals surface area contributed by atoms with E-state index in [4.69, 9.17) is 4.42 Å². The summed E-state index contributed by atoms with van der Waals surface area (Å²) < 4.78 is 19.1. The summed E-state index contributed by atoms with van der Waals surface area (Å²) in [5.41, 5.74) is 0.807. The molecule has 0 spiro atoms. The molecule has 0 saturated heterocycles. The first-order chi connectivity index (χ1) is 8.20. The average Bonchev–Trinajstić information content (AvgIpc) is 2.79. The molecule has 0 amide bonds. The van der Waals surface area contributed by atoms with Crippen LogP contribution < -0.4 is 5.32 Å². The number of benzene rings is 1. The van der Waals surface area contributed by atoms with Crippen molar-refractivity contribution in [1.29, 1.82) is 0 Å². The van der Waals surface area contributed by atoms with Crippen molar-refractivity contribution in [2.45, 2.75) is 6.42 Å². The van der Waals surface area contributed by atoms with E-state index in [1.807, 2.05) is 7.05 Å². The van der Waals surface area contributed by atoms with Crippen molar-refractivity contribution >= 4 is 15.9 Å². The molecule has 0 aliphatic heterocycles. The molecule has 5 heteroatoms. The van der Waals surface area contributed by atoms with Gasteiger partial charge in [-0.1, -0.05) is 0 Å². The molecule has 17 heavy (non-hydrogen) atoms. The number of hydrogen-bond acceptors (Lipinski definition) is 3. The van der Waals surface area contributed by atoms with E-state index in [9.17, 15) is 4.39 Å². The van der Waals surface area contributed by atoms with Gasteiger partial charge in [-0.05, 0) is 41.2 Å². The Kier molecular flexibility index (Phi) is 3.91. The van der Waals surface area contributed by atoms with Gasteiger partial charge in [-0.3, -0.25) is 0 Å². The maximum Gasteiger partial charge on any atom is 0.196 e. The molecule has 0 fully saturated rings. The van der Waals surface area contributed by atoms with Gasteiger partial charge in [0.25, 0.3) is 0 Å². The number of nitrogens with zero attached hydrogens (tertiary/aromatic N) is 1. The topological polar surface area (TPSA) is 38.1 Å². The van der Waals surface area contributed by atoms with Crippen molar-refractivity contribution in [3.8, 4) is 11.3 Å². The lowest BCUT2D eigenvalue weighted by atomic mass is 10.2. The Bertz CT molecular complexity index is 513. The highest BCUT2D eigenvalue weighted by Crippen LogP contribution is 2.25. The SMILES string of the molecule is CNCCc1ncc(-c2ccc(F)c(Br)c2)o1. The van der Waals surface area contributed by atoms with E-state index >= 15 is 0 Å².